The molecule has 0 radical (unpaired) electrons. The molecule has 1 heterocycles. The van der Waals surface area contributed by atoms with Crippen LogP contribution < -0.4 is 10.6 Å². The van der Waals surface area contributed by atoms with Crippen molar-refractivity contribution in [3.8, 4) is 0 Å². The Balaban J connectivity index is 1.96. The molecule has 1 aromatic carbocycles. The molecule has 2 fully saturated rings. The van der Waals surface area contributed by atoms with E-state index in [-0.39, 0.29) is 29.6 Å². The summed E-state index contributed by atoms with van der Waals surface area (Å²) in [5, 5.41) is 0.416. The first kappa shape index (κ1) is 10.7. The maximum Gasteiger partial charge on any atom is 0.238 e. The van der Waals surface area contributed by atoms with Crippen LogP contribution in [0, 0.1) is 17.8 Å². The Bertz CT molecular complexity index is 495. The van der Waals surface area contributed by atoms with Gasteiger partial charge < -0.3 is 5.73 Å². The zero-order chi connectivity index (χ0) is 12.2. The van der Waals surface area contributed by atoms with Crippen molar-refractivity contribution < 1.29 is 9.59 Å². The lowest BCUT2D eigenvalue weighted by molar-refractivity contribution is -0.124. The van der Waals surface area contributed by atoms with E-state index in [0.29, 0.717) is 17.3 Å². The van der Waals surface area contributed by atoms with Crippen molar-refractivity contribution in [3.63, 3.8) is 0 Å². The molecular weight excluding hydrogens is 240 g/mol. The lowest BCUT2D eigenvalue weighted by Gasteiger charge is -2.19. The Morgan fingerprint density at radius 1 is 1.18 bits per heavy atom. The number of halogens is 1. The van der Waals surface area contributed by atoms with Gasteiger partial charge in [-0.3, -0.25) is 9.59 Å². The zero-order valence-corrected chi connectivity index (χ0v) is 9.72. The van der Waals surface area contributed by atoms with Crippen LogP contribution in [0.3, 0.4) is 0 Å². The van der Waals surface area contributed by atoms with Crippen molar-refractivity contribution in [2.24, 2.45) is 23.5 Å². The van der Waals surface area contributed by atoms with Crippen molar-refractivity contribution in [1.29, 1.82) is 0 Å². The SMILES string of the molecule is NCC1C2C(=O)N(c3ccccc3Cl)C(=O)C12. The number of fused-ring (bicyclic) bond motifs is 1. The lowest BCUT2D eigenvalue weighted by Crippen LogP contribution is -2.35. The summed E-state index contributed by atoms with van der Waals surface area (Å²) < 4.78 is 0. The minimum absolute atomic E-state index is 0.0359. The summed E-state index contributed by atoms with van der Waals surface area (Å²) in [4.78, 5) is 25.3. The van der Waals surface area contributed by atoms with Gasteiger partial charge in [-0.05, 0) is 24.6 Å². The van der Waals surface area contributed by atoms with E-state index in [4.69, 9.17) is 17.3 Å². The second-order valence-electron chi connectivity index (χ2n) is 4.41. The molecule has 2 amide bonds. The van der Waals surface area contributed by atoms with Gasteiger partial charge in [0, 0.05) is 0 Å². The highest BCUT2D eigenvalue weighted by atomic mass is 35.5. The number of para-hydroxylation sites is 1. The van der Waals surface area contributed by atoms with Crippen LogP contribution in [0.2, 0.25) is 5.02 Å². The van der Waals surface area contributed by atoms with Crippen molar-refractivity contribution in [2.75, 3.05) is 11.4 Å². The summed E-state index contributed by atoms with van der Waals surface area (Å²) in [6, 6.07) is 6.87. The van der Waals surface area contributed by atoms with Crippen molar-refractivity contribution in [1.82, 2.24) is 0 Å². The molecule has 5 heteroatoms. The van der Waals surface area contributed by atoms with Gasteiger partial charge in [0.25, 0.3) is 0 Å². The first-order chi connectivity index (χ1) is 8.16. The van der Waals surface area contributed by atoms with Crippen molar-refractivity contribution >= 4 is 29.1 Å². The fraction of sp³-hybridized carbons (Fsp3) is 0.333. The third kappa shape index (κ3) is 1.34. The van der Waals surface area contributed by atoms with E-state index in [9.17, 15) is 9.59 Å². The van der Waals surface area contributed by atoms with E-state index in [1.807, 2.05) is 0 Å². The van der Waals surface area contributed by atoms with E-state index in [1.165, 1.54) is 4.90 Å². The molecule has 1 aromatic rings. The van der Waals surface area contributed by atoms with E-state index in [1.54, 1.807) is 24.3 Å². The number of carbonyl (C=O) groups excluding carboxylic acids is 2. The van der Waals surface area contributed by atoms with Crippen LogP contribution in [-0.2, 0) is 9.59 Å². The Morgan fingerprint density at radius 3 is 2.29 bits per heavy atom. The molecule has 1 aliphatic heterocycles. The molecule has 2 N–H and O–H groups in total. The molecule has 2 atom stereocenters. The zero-order valence-electron chi connectivity index (χ0n) is 8.97. The van der Waals surface area contributed by atoms with Gasteiger partial charge in [-0.25, -0.2) is 4.90 Å². The van der Waals surface area contributed by atoms with Gasteiger partial charge in [0.2, 0.25) is 11.8 Å². The minimum atomic E-state index is -0.219. The van der Waals surface area contributed by atoms with E-state index in [2.05, 4.69) is 0 Å². The Kier molecular flexibility index (Phi) is 2.24. The highest BCUT2D eigenvalue weighted by molar-refractivity contribution is 6.36. The van der Waals surface area contributed by atoms with Crippen molar-refractivity contribution in [2.45, 2.75) is 0 Å². The van der Waals surface area contributed by atoms with Gasteiger partial charge in [0.1, 0.15) is 0 Å². The van der Waals surface area contributed by atoms with Gasteiger partial charge >= 0.3 is 0 Å². The number of piperidine rings is 1. The number of carbonyl (C=O) groups is 2. The number of imide groups is 1. The smallest absolute Gasteiger partial charge is 0.238 e. The molecule has 1 saturated heterocycles. The van der Waals surface area contributed by atoms with Crippen LogP contribution in [-0.4, -0.2) is 18.4 Å². The number of hydrogen-bond acceptors (Lipinski definition) is 3. The molecule has 17 heavy (non-hydrogen) atoms. The Labute approximate surface area is 103 Å². The molecular formula is C12H11ClN2O2. The average Bonchev–Trinajstić information content (AvgIpc) is 2.99. The molecule has 0 spiro atoms. The highest BCUT2D eigenvalue weighted by Gasteiger charge is 2.66. The number of nitrogens with zero attached hydrogens (tertiary/aromatic N) is 1. The Hall–Kier alpha value is -1.39. The predicted octanol–water partition coefficient (Wildman–Crippen LogP) is 1.03. The number of hydrogen-bond donors (Lipinski definition) is 1. The number of benzene rings is 1. The topological polar surface area (TPSA) is 63.4 Å². The monoisotopic (exact) mass is 250 g/mol. The molecule has 2 aliphatic rings. The summed E-state index contributed by atoms with van der Waals surface area (Å²) in [6.45, 7) is 0.392. The number of nitrogens with two attached hydrogens (primary N) is 1. The second-order valence-corrected chi connectivity index (χ2v) is 4.82. The van der Waals surface area contributed by atoms with Crippen LogP contribution in [0.4, 0.5) is 5.69 Å². The van der Waals surface area contributed by atoms with Crippen LogP contribution in [0.15, 0.2) is 24.3 Å². The maximum atomic E-state index is 12.1. The van der Waals surface area contributed by atoms with E-state index < -0.39 is 0 Å². The second kappa shape index (κ2) is 3.55. The fourth-order valence-corrected chi connectivity index (χ4v) is 2.84. The summed E-state index contributed by atoms with van der Waals surface area (Å²) in [5.74, 6) is -0.728. The standard InChI is InChI=1S/C12H11ClN2O2/c13-7-3-1-2-4-8(7)15-11(16)9-6(5-14)10(9)12(15)17/h1-4,6,9-10H,5,14H2. The van der Waals surface area contributed by atoms with Crippen LogP contribution >= 0.6 is 11.6 Å². The van der Waals surface area contributed by atoms with Gasteiger partial charge in [-0.15, -0.1) is 0 Å². The van der Waals surface area contributed by atoms with Gasteiger partial charge in [-0.1, -0.05) is 23.7 Å². The lowest BCUT2D eigenvalue weighted by atomic mass is 10.2. The Morgan fingerprint density at radius 2 is 1.76 bits per heavy atom. The number of amides is 2. The first-order valence-corrected chi connectivity index (χ1v) is 5.87. The molecule has 2 unspecified atom stereocenters. The molecule has 0 aromatic heterocycles. The minimum Gasteiger partial charge on any atom is -0.330 e. The summed E-state index contributed by atoms with van der Waals surface area (Å²) >= 11 is 6.00. The molecule has 88 valence electrons. The molecule has 3 rings (SSSR count). The summed E-state index contributed by atoms with van der Waals surface area (Å²) in [5.41, 5.74) is 5.99. The highest BCUT2D eigenvalue weighted by Crippen LogP contribution is 2.54. The number of rotatable bonds is 2. The van der Waals surface area contributed by atoms with E-state index in [0.717, 1.165) is 0 Å². The third-order valence-corrected chi connectivity index (χ3v) is 3.86. The summed E-state index contributed by atoms with van der Waals surface area (Å²) in [6.07, 6.45) is 0. The normalized spacial score (nSPS) is 30.7. The molecule has 1 aliphatic carbocycles. The van der Waals surface area contributed by atoms with Gasteiger partial charge in [-0.2, -0.15) is 0 Å². The summed E-state index contributed by atoms with van der Waals surface area (Å²) in [7, 11) is 0. The third-order valence-electron chi connectivity index (χ3n) is 3.55. The maximum absolute atomic E-state index is 12.1. The molecule has 4 nitrogen and oxygen atoms in total. The molecule has 1 saturated carbocycles. The first-order valence-electron chi connectivity index (χ1n) is 5.49. The number of anilines is 1. The van der Waals surface area contributed by atoms with Crippen LogP contribution in [0.1, 0.15) is 0 Å². The van der Waals surface area contributed by atoms with Crippen LogP contribution in [0.25, 0.3) is 0 Å². The largest absolute Gasteiger partial charge is 0.330 e. The van der Waals surface area contributed by atoms with E-state index >= 15 is 0 Å². The quantitative estimate of drug-likeness (QED) is 0.798. The van der Waals surface area contributed by atoms with Gasteiger partial charge in [0.15, 0.2) is 0 Å². The predicted molar refractivity (Wildman–Crippen MR) is 63.5 cm³/mol. The molecule has 0 bridgehead atoms. The fourth-order valence-electron chi connectivity index (χ4n) is 2.62. The average molecular weight is 251 g/mol. The van der Waals surface area contributed by atoms with Crippen LogP contribution in [0.5, 0.6) is 0 Å². The van der Waals surface area contributed by atoms with Crippen molar-refractivity contribution in [3.05, 3.63) is 29.3 Å². The van der Waals surface area contributed by atoms with Gasteiger partial charge in [0.05, 0.1) is 22.5 Å².